The summed E-state index contributed by atoms with van der Waals surface area (Å²) >= 11 is 0. The van der Waals surface area contributed by atoms with Gasteiger partial charge in [-0.3, -0.25) is 4.79 Å². The predicted molar refractivity (Wildman–Crippen MR) is 82.5 cm³/mol. The van der Waals surface area contributed by atoms with E-state index in [1.807, 2.05) is 30.3 Å². The van der Waals surface area contributed by atoms with Crippen molar-refractivity contribution in [3.05, 3.63) is 71.5 Å². The van der Waals surface area contributed by atoms with Crippen LogP contribution >= 0.6 is 0 Å². The van der Waals surface area contributed by atoms with Crippen molar-refractivity contribution in [1.82, 2.24) is 5.32 Å². The van der Waals surface area contributed by atoms with E-state index in [4.69, 9.17) is 0 Å². The maximum atomic E-state index is 12.9. The van der Waals surface area contributed by atoms with Crippen molar-refractivity contribution >= 4 is 5.91 Å². The second-order valence-electron chi connectivity index (χ2n) is 5.57. The molecule has 0 aliphatic heterocycles. The van der Waals surface area contributed by atoms with E-state index >= 15 is 0 Å². The first-order chi connectivity index (χ1) is 10.1. The Balaban J connectivity index is 2.15. The van der Waals surface area contributed by atoms with Crippen LogP contribution in [0.5, 0.6) is 0 Å². The number of benzene rings is 2. The van der Waals surface area contributed by atoms with Crippen LogP contribution in [0.2, 0.25) is 0 Å². The van der Waals surface area contributed by atoms with Gasteiger partial charge in [-0.25, -0.2) is 4.39 Å². The molecule has 0 aromatic heterocycles. The Morgan fingerprint density at radius 1 is 1.05 bits per heavy atom. The van der Waals surface area contributed by atoms with Crippen LogP contribution in [0.1, 0.15) is 42.2 Å². The van der Waals surface area contributed by atoms with Gasteiger partial charge in [0.25, 0.3) is 5.91 Å². The van der Waals surface area contributed by atoms with Gasteiger partial charge in [-0.1, -0.05) is 44.2 Å². The van der Waals surface area contributed by atoms with Gasteiger partial charge in [-0.15, -0.1) is 0 Å². The highest BCUT2D eigenvalue weighted by Crippen LogP contribution is 2.21. The minimum absolute atomic E-state index is 0.0382. The molecule has 21 heavy (non-hydrogen) atoms. The van der Waals surface area contributed by atoms with E-state index in [9.17, 15) is 9.18 Å². The lowest BCUT2D eigenvalue weighted by molar-refractivity contribution is 0.0932. The highest BCUT2D eigenvalue weighted by atomic mass is 19.1. The summed E-state index contributed by atoms with van der Waals surface area (Å²) in [6.07, 6.45) is 0.858. The average Bonchev–Trinajstić information content (AvgIpc) is 2.47. The Labute approximate surface area is 125 Å². The molecule has 0 aliphatic rings. The third-order valence-electron chi connectivity index (χ3n) is 3.32. The molecule has 0 aliphatic carbocycles. The van der Waals surface area contributed by atoms with Gasteiger partial charge in [-0.2, -0.15) is 0 Å². The molecule has 0 radical (unpaired) electrons. The number of carbonyl (C=O) groups is 1. The fourth-order valence-corrected chi connectivity index (χ4v) is 2.28. The van der Waals surface area contributed by atoms with Crippen LogP contribution in [0.25, 0.3) is 0 Å². The van der Waals surface area contributed by atoms with Gasteiger partial charge in [0.05, 0.1) is 6.04 Å². The van der Waals surface area contributed by atoms with Crippen molar-refractivity contribution in [2.24, 2.45) is 5.92 Å². The molecule has 2 aromatic rings. The summed E-state index contributed by atoms with van der Waals surface area (Å²) in [7, 11) is 0. The number of rotatable bonds is 5. The van der Waals surface area contributed by atoms with E-state index in [1.165, 1.54) is 24.3 Å². The maximum absolute atomic E-state index is 12.9. The van der Waals surface area contributed by atoms with E-state index in [0.717, 1.165) is 12.0 Å². The zero-order valence-corrected chi connectivity index (χ0v) is 12.3. The fourth-order valence-electron chi connectivity index (χ4n) is 2.28. The van der Waals surface area contributed by atoms with E-state index in [2.05, 4.69) is 19.2 Å². The van der Waals surface area contributed by atoms with Crippen LogP contribution in [0, 0.1) is 11.7 Å². The maximum Gasteiger partial charge on any atom is 0.251 e. The summed E-state index contributed by atoms with van der Waals surface area (Å²) in [6, 6.07) is 15.5. The highest BCUT2D eigenvalue weighted by molar-refractivity contribution is 5.94. The van der Waals surface area contributed by atoms with Gasteiger partial charge in [0.2, 0.25) is 0 Å². The number of nitrogens with one attached hydrogen (secondary N) is 1. The molecule has 2 aromatic carbocycles. The molecule has 0 saturated carbocycles. The van der Waals surface area contributed by atoms with Crippen molar-refractivity contribution in [1.29, 1.82) is 0 Å². The molecule has 110 valence electrons. The molecule has 0 unspecified atom stereocenters. The van der Waals surface area contributed by atoms with Gasteiger partial charge in [0.15, 0.2) is 0 Å². The summed E-state index contributed by atoms with van der Waals surface area (Å²) in [4.78, 5) is 12.3. The number of hydrogen-bond acceptors (Lipinski definition) is 1. The van der Waals surface area contributed by atoms with Crippen LogP contribution in [0.3, 0.4) is 0 Å². The molecule has 1 atom stereocenters. The number of halogens is 1. The molecule has 2 rings (SSSR count). The van der Waals surface area contributed by atoms with E-state index in [1.54, 1.807) is 0 Å². The zero-order valence-electron chi connectivity index (χ0n) is 12.3. The molecular formula is C18H20FNO. The minimum Gasteiger partial charge on any atom is -0.345 e. The van der Waals surface area contributed by atoms with Crippen molar-refractivity contribution in [3.8, 4) is 0 Å². The molecule has 3 heteroatoms. The number of amides is 1. The van der Waals surface area contributed by atoms with E-state index < -0.39 is 0 Å². The van der Waals surface area contributed by atoms with Gasteiger partial charge in [0.1, 0.15) is 5.82 Å². The van der Waals surface area contributed by atoms with E-state index in [0.29, 0.717) is 11.5 Å². The second kappa shape index (κ2) is 7.02. The molecule has 0 bridgehead atoms. The van der Waals surface area contributed by atoms with Crippen molar-refractivity contribution in [2.45, 2.75) is 26.3 Å². The standard InChI is InChI=1S/C18H20FNO/c1-13(2)12-17(14-6-4-3-5-7-14)20-18(21)15-8-10-16(19)11-9-15/h3-11,13,17H,12H2,1-2H3,(H,20,21)/t17-/m1/s1. The normalized spacial score (nSPS) is 12.2. The third kappa shape index (κ3) is 4.42. The topological polar surface area (TPSA) is 29.1 Å². The molecule has 2 nitrogen and oxygen atoms in total. The molecule has 0 fully saturated rings. The lowest BCUT2D eigenvalue weighted by Crippen LogP contribution is -2.29. The second-order valence-corrected chi connectivity index (χ2v) is 5.57. The van der Waals surface area contributed by atoms with Crippen molar-refractivity contribution in [3.63, 3.8) is 0 Å². The Morgan fingerprint density at radius 2 is 1.67 bits per heavy atom. The van der Waals surface area contributed by atoms with E-state index in [-0.39, 0.29) is 17.8 Å². The molecule has 0 heterocycles. The Kier molecular flexibility index (Phi) is 5.09. The van der Waals surface area contributed by atoms with Gasteiger partial charge in [-0.05, 0) is 42.2 Å². The number of hydrogen-bond donors (Lipinski definition) is 1. The van der Waals surface area contributed by atoms with Crippen LogP contribution in [0.15, 0.2) is 54.6 Å². The molecule has 1 N–H and O–H groups in total. The summed E-state index contributed by atoms with van der Waals surface area (Å²) in [6.45, 7) is 4.25. The summed E-state index contributed by atoms with van der Waals surface area (Å²) in [5, 5.41) is 3.04. The highest BCUT2D eigenvalue weighted by Gasteiger charge is 2.16. The third-order valence-corrected chi connectivity index (χ3v) is 3.32. The Hall–Kier alpha value is -2.16. The SMILES string of the molecule is CC(C)C[C@@H](NC(=O)c1ccc(F)cc1)c1ccccc1. The summed E-state index contributed by atoms with van der Waals surface area (Å²) in [5.41, 5.74) is 1.56. The first-order valence-electron chi connectivity index (χ1n) is 7.17. The van der Waals surface area contributed by atoms with Crippen LogP contribution in [0.4, 0.5) is 4.39 Å². The lowest BCUT2D eigenvalue weighted by atomic mass is 9.96. The molecular weight excluding hydrogens is 265 g/mol. The molecule has 1 amide bonds. The number of carbonyl (C=O) groups excluding carboxylic acids is 1. The zero-order chi connectivity index (χ0) is 15.2. The Bertz CT molecular complexity index is 578. The fraction of sp³-hybridized carbons (Fsp3) is 0.278. The summed E-state index contributed by atoms with van der Waals surface area (Å²) in [5.74, 6) is -0.0541. The summed E-state index contributed by atoms with van der Waals surface area (Å²) < 4.78 is 12.9. The lowest BCUT2D eigenvalue weighted by Gasteiger charge is -2.21. The Morgan fingerprint density at radius 3 is 2.24 bits per heavy atom. The smallest absolute Gasteiger partial charge is 0.251 e. The predicted octanol–water partition coefficient (Wildman–Crippen LogP) is 4.34. The largest absolute Gasteiger partial charge is 0.345 e. The molecule has 0 spiro atoms. The quantitative estimate of drug-likeness (QED) is 0.869. The van der Waals surface area contributed by atoms with Crippen LogP contribution < -0.4 is 5.32 Å². The monoisotopic (exact) mass is 285 g/mol. The first kappa shape index (κ1) is 15.2. The molecule has 0 saturated heterocycles. The first-order valence-corrected chi connectivity index (χ1v) is 7.17. The van der Waals surface area contributed by atoms with Gasteiger partial charge >= 0.3 is 0 Å². The van der Waals surface area contributed by atoms with Crippen molar-refractivity contribution in [2.75, 3.05) is 0 Å². The van der Waals surface area contributed by atoms with Crippen LogP contribution in [-0.4, -0.2) is 5.91 Å². The van der Waals surface area contributed by atoms with Crippen molar-refractivity contribution < 1.29 is 9.18 Å². The van der Waals surface area contributed by atoms with Gasteiger partial charge < -0.3 is 5.32 Å². The average molecular weight is 285 g/mol. The van der Waals surface area contributed by atoms with Crippen LogP contribution in [-0.2, 0) is 0 Å². The minimum atomic E-state index is -0.340. The van der Waals surface area contributed by atoms with Gasteiger partial charge in [0, 0.05) is 5.56 Å².